The minimum absolute atomic E-state index is 0.163. The summed E-state index contributed by atoms with van der Waals surface area (Å²) in [5.74, 6) is -0.163. The Labute approximate surface area is 107 Å². The van der Waals surface area contributed by atoms with Crippen molar-refractivity contribution in [2.75, 3.05) is 11.9 Å². The average Bonchev–Trinajstić information content (AvgIpc) is 2.39. The Morgan fingerprint density at radius 1 is 1.06 bits per heavy atom. The van der Waals surface area contributed by atoms with Crippen LogP contribution in [0.15, 0.2) is 42.5 Å². The van der Waals surface area contributed by atoms with Crippen LogP contribution in [0.2, 0.25) is 0 Å². The largest absolute Gasteiger partial charge is 0.385 e. The fourth-order valence-corrected chi connectivity index (χ4v) is 2.50. The molecule has 2 heteroatoms. The molecule has 0 atom stereocenters. The molecule has 0 fully saturated rings. The van der Waals surface area contributed by atoms with Gasteiger partial charge >= 0.3 is 0 Å². The van der Waals surface area contributed by atoms with Crippen LogP contribution >= 0.6 is 0 Å². The molecule has 0 aliphatic carbocycles. The number of hydrogen-bond acceptors (Lipinski definition) is 1. The molecule has 0 spiro atoms. The first-order valence-corrected chi connectivity index (χ1v) is 6.41. The molecule has 1 nitrogen and oxygen atoms in total. The summed E-state index contributed by atoms with van der Waals surface area (Å²) in [4.78, 5) is 0. The normalized spacial score (nSPS) is 13.8. The van der Waals surface area contributed by atoms with Crippen LogP contribution in [0, 0.1) is 5.82 Å². The van der Waals surface area contributed by atoms with E-state index < -0.39 is 0 Å². The lowest BCUT2D eigenvalue weighted by molar-refractivity contribution is 0.626. The third-order valence-corrected chi connectivity index (χ3v) is 3.41. The highest BCUT2D eigenvalue weighted by Gasteiger charge is 2.08. The maximum absolute atomic E-state index is 13.1. The van der Waals surface area contributed by atoms with Crippen molar-refractivity contribution in [1.82, 2.24) is 0 Å². The number of hydrogen-bond donors (Lipinski definition) is 1. The van der Waals surface area contributed by atoms with Gasteiger partial charge in [-0.05, 0) is 54.2 Å². The van der Waals surface area contributed by atoms with E-state index in [0.29, 0.717) is 0 Å². The zero-order valence-electron chi connectivity index (χ0n) is 10.2. The van der Waals surface area contributed by atoms with Crippen molar-refractivity contribution >= 4 is 5.69 Å². The van der Waals surface area contributed by atoms with E-state index in [4.69, 9.17) is 0 Å². The van der Waals surface area contributed by atoms with Crippen LogP contribution in [-0.4, -0.2) is 6.54 Å². The van der Waals surface area contributed by atoms with Gasteiger partial charge in [0.05, 0.1) is 0 Å². The van der Waals surface area contributed by atoms with Gasteiger partial charge in [0.1, 0.15) is 5.82 Å². The molecule has 0 aromatic heterocycles. The Kier molecular flexibility index (Phi) is 3.01. The van der Waals surface area contributed by atoms with Gasteiger partial charge in [-0.3, -0.25) is 0 Å². The summed E-state index contributed by atoms with van der Waals surface area (Å²) in [6.45, 7) is 1.05. The smallest absolute Gasteiger partial charge is 0.123 e. The van der Waals surface area contributed by atoms with Gasteiger partial charge in [-0.25, -0.2) is 4.39 Å². The third kappa shape index (κ3) is 2.37. The van der Waals surface area contributed by atoms with Crippen LogP contribution < -0.4 is 5.32 Å². The Hall–Kier alpha value is -1.83. The van der Waals surface area contributed by atoms with Gasteiger partial charge in [-0.2, -0.15) is 0 Å². The van der Waals surface area contributed by atoms with Crippen molar-refractivity contribution in [3.8, 4) is 0 Å². The summed E-state index contributed by atoms with van der Waals surface area (Å²) in [6, 6.07) is 13.4. The summed E-state index contributed by atoms with van der Waals surface area (Å²) in [5.41, 5.74) is 4.89. The number of aryl methyl sites for hydroxylation is 1. The highest BCUT2D eigenvalue weighted by atomic mass is 19.1. The Bertz CT molecular complexity index is 563. The molecule has 1 aliphatic rings. The van der Waals surface area contributed by atoms with Gasteiger partial charge in [0.2, 0.25) is 0 Å². The maximum Gasteiger partial charge on any atom is 0.123 e. The first kappa shape index (κ1) is 11.3. The van der Waals surface area contributed by atoms with E-state index in [1.807, 2.05) is 6.07 Å². The maximum atomic E-state index is 13.1. The van der Waals surface area contributed by atoms with Crippen molar-refractivity contribution in [3.05, 3.63) is 65.0 Å². The molecule has 0 unspecified atom stereocenters. The van der Waals surface area contributed by atoms with Crippen molar-refractivity contribution in [2.45, 2.75) is 19.3 Å². The number of nitrogens with one attached hydrogen (secondary N) is 1. The minimum Gasteiger partial charge on any atom is -0.385 e. The van der Waals surface area contributed by atoms with Crippen LogP contribution in [-0.2, 0) is 12.8 Å². The van der Waals surface area contributed by atoms with E-state index in [9.17, 15) is 4.39 Å². The van der Waals surface area contributed by atoms with Crippen LogP contribution in [0.4, 0.5) is 10.1 Å². The molecule has 1 heterocycles. The molecule has 2 aromatic rings. The molecule has 3 rings (SSSR count). The third-order valence-electron chi connectivity index (χ3n) is 3.41. The SMILES string of the molecule is Fc1cccc(Cc2ccc3c(c2)NCCC3)c1. The van der Waals surface area contributed by atoms with Gasteiger partial charge in [0.15, 0.2) is 0 Å². The first-order valence-electron chi connectivity index (χ1n) is 6.41. The lowest BCUT2D eigenvalue weighted by atomic mass is 9.98. The molecule has 0 saturated heterocycles. The standard InChI is InChI=1S/C16H16FN/c17-15-5-1-3-12(10-15)9-13-6-7-14-4-2-8-18-16(14)11-13/h1,3,5-7,10-11,18H,2,4,8-9H2. The van der Waals surface area contributed by atoms with Crippen LogP contribution in [0.1, 0.15) is 23.1 Å². The summed E-state index contributed by atoms with van der Waals surface area (Å²) >= 11 is 0. The molecular formula is C16H16FN. The van der Waals surface area contributed by atoms with Gasteiger partial charge in [-0.1, -0.05) is 24.3 Å². The molecule has 18 heavy (non-hydrogen) atoms. The lowest BCUT2D eigenvalue weighted by Gasteiger charge is -2.18. The van der Waals surface area contributed by atoms with Crippen LogP contribution in [0.25, 0.3) is 0 Å². The number of halogens is 1. The molecule has 92 valence electrons. The van der Waals surface area contributed by atoms with Gasteiger partial charge in [0.25, 0.3) is 0 Å². The average molecular weight is 241 g/mol. The zero-order chi connectivity index (χ0) is 12.4. The quantitative estimate of drug-likeness (QED) is 0.843. The number of benzene rings is 2. The predicted octanol–water partition coefficient (Wildman–Crippen LogP) is 3.77. The molecule has 0 bridgehead atoms. The molecule has 1 N–H and O–H groups in total. The topological polar surface area (TPSA) is 12.0 Å². The summed E-state index contributed by atoms with van der Waals surface area (Å²) in [7, 11) is 0. The second-order valence-corrected chi connectivity index (χ2v) is 4.83. The van der Waals surface area contributed by atoms with Gasteiger partial charge in [0, 0.05) is 12.2 Å². The highest BCUT2D eigenvalue weighted by Crippen LogP contribution is 2.24. The fourth-order valence-electron chi connectivity index (χ4n) is 2.50. The monoisotopic (exact) mass is 241 g/mol. The number of anilines is 1. The van der Waals surface area contributed by atoms with Gasteiger partial charge in [-0.15, -0.1) is 0 Å². The molecular weight excluding hydrogens is 225 g/mol. The first-order chi connectivity index (χ1) is 8.81. The summed E-state index contributed by atoms with van der Waals surface area (Å²) in [6.07, 6.45) is 3.14. The molecule has 0 saturated carbocycles. The molecule has 0 amide bonds. The van der Waals surface area contributed by atoms with Crippen LogP contribution in [0.5, 0.6) is 0 Å². The fraction of sp³-hybridized carbons (Fsp3) is 0.250. The predicted molar refractivity (Wildman–Crippen MR) is 72.5 cm³/mol. The van der Waals surface area contributed by atoms with Crippen LogP contribution in [0.3, 0.4) is 0 Å². The van der Waals surface area contributed by atoms with Crippen molar-refractivity contribution in [1.29, 1.82) is 0 Å². The highest BCUT2D eigenvalue weighted by molar-refractivity contribution is 5.55. The van der Waals surface area contributed by atoms with E-state index in [1.54, 1.807) is 12.1 Å². The van der Waals surface area contributed by atoms with E-state index >= 15 is 0 Å². The number of rotatable bonds is 2. The minimum atomic E-state index is -0.163. The van der Waals surface area contributed by atoms with E-state index in [-0.39, 0.29) is 5.82 Å². The molecule has 2 aromatic carbocycles. The molecule has 0 radical (unpaired) electrons. The van der Waals surface area contributed by atoms with Crippen molar-refractivity contribution < 1.29 is 4.39 Å². The van der Waals surface area contributed by atoms with E-state index in [0.717, 1.165) is 24.9 Å². The van der Waals surface area contributed by atoms with Crippen molar-refractivity contribution in [3.63, 3.8) is 0 Å². The second-order valence-electron chi connectivity index (χ2n) is 4.83. The Morgan fingerprint density at radius 3 is 2.83 bits per heavy atom. The van der Waals surface area contributed by atoms with E-state index in [2.05, 4.69) is 23.5 Å². The summed E-state index contributed by atoms with van der Waals surface area (Å²) in [5, 5.41) is 3.43. The zero-order valence-corrected chi connectivity index (χ0v) is 10.2. The number of fused-ring (bicyclic) bond motifs is 1. The Morgan fingerprint density at radius 2 is 1.94 bits per heavy atom. The van der Waals surface area contributed by atoms with E-state index in [1.165, 1.54) is 29.3 Å². The Balaban J connectivity index is 1.85. The second kappa shape index (κ2) is 4.81. The molecule has 1 aliphatic heterocycles. The lowest BCUT2D eigenvalue weighted by Crippen LogP contribution is -2.11. The van der Waals surface area contributed by atoms with Gasteiger partial charge < -0.3 is 5.32 Å². The van der Waals surface area contributed by atoms with Crippen molar-refractivity contribution in [2.24, 2.45) is 0 Å². The summed E-state index contributed by atoms with van der Waals surface area (Å²) < 4.78 is 13.1.